The fourth-order valence-electron chi connectivity index (χ4n) is 3.40. The molecular formula is C20H21N3O2. The van der Waals surface area contributed by atoms with Crippen molar-refractivity contribution >= 4 is 16.9 Å². The highest BCUT2D eigenvalue weighted by atomic mass is 16.5. The molecule has 1 fully saturated rings. The highest BCUT2D eigenvalue weighted by Crippen LogP contribution is 2.29. The number of fused-ring (bicyclic) bond motifs is 1. The number of aromatic nitrogens is 2. The Morgan fingerprint density at radius 3 is 2.80 bits per heavy atom. The number of likely N-dealkylation sites (tertiary alicyclic amines) is 1. The van der Waals surface area contributed by atoms with E-state index in [1.165, 1.54) is 5.56 Å². The lowest BCUT2D eigenvalue weighted by molar-refractivity contribution is -0.128. The molecule has 1 aliphatic rings. The molecule has 5 heteroatoms. The lowest BCUT2D eigenvalue weighted by Crippen LogP contribution is -2.24. The second kappa shape index (κ2) is 6.24. The van der Waals surface area contributed by atoms with E-state index in [1.807, 2.05) is 35.2 Å². The Morgan fingerprint density at radius 2 is 2.04 bits per heavy atom. The van der Waals surface area contributed by atoms with Crippen molar-refractivity contribution in [2.24, 2.45) is 0 Å². The minimum atomic E-state index is 0.124. The predicted octanol–water partition coefficient (Wildman–Crippen LogP) is 3.40. The summed E-state index contributed by atoms with van der Waals surface area (Å²) in [5.74, 6) is 2.04. The number of nitrogens with one attached hydrogen (secondary N) is 1. The van der Waals surface area contributed by atoms with E-state index in [4.69, 9.17) is 4.74 Å². The summed E-state index contributed by atoms with van der Waals surface area (Å²) in [6.07, 6.45) is 0.509. The molecule has 1 aromatic heterocycles. The average molecular weight is 335 g/mol. The van der Waals surface area contributed by atoms with E-state index in [1.54, 1.807) is 7.11 Å². The van der Waals surface area contributed by atoms with Gasteiger partial charge in [0.15, 0.2) is 0 Å². The largest absolute Gasteiger partial charge is 0.497 e. The van der Waals surface area contributed by atoms with Crippen LogP contribution in [-0.4, -0.2) is 34.4 Å². The first kappa shape index (κ1) is 15.7. The Labute approximate surface area is 146 Å². The summed E-state index contributed by atoms with van der Waals surface area (Å²) < 4.78 is 5.18. The van der Waals surface area contributed by atoms with E-state index in [-0.39, 0.29) is 11.8 Å². The van der Waals surface area contributed by atoms with E-state index in [0.717, 1.165) is 28.2 Å². The van der Waals surface area contributed by atoms with Crippen LogP contribution < -0.4 is 4.74 Å². The minimum Gasteiger partial charge on any atom is -0.497 e. The first-order valence-electron chi connectivity index (χ1n) is 8.49. The van der Waals surface area contributed by atoms with Gasteiger partial charge in [0.2, 0.25) is 5.91 Å². The number of ether oxygens (including phenoxy) is 1. The van der Waals surface area contributed by atoms with Gasteiger partial charge in [0.1, 0.15) is 11.6 Å². The Morgan fingerprint density at radius 1 is 1.24 bits per heavy atom. The number of methoxy groups -OCH3 is 1. The van der Waals surface area contributed by atoms with Crippen LogP contribution in [0.4, 0.5) is 0 Å². The van der Waals surface area contributed by atoms with Crippen molar-refractivity contribution in [3.8, 4) is 5.75 Å². The summed E-state index contributed by atoms with van der Waals surface area (Å²) in [6, 6.07) is 14.0. The van der Waals surface area contributed by atoms with Gasteiger partial charge in [-0.2, -0.15) is 0 Å². The Kier molecular flexibility index (Phi) is 3.92. The molecule has 0 unspecified atom stereocenters. The molecule has 1 atom stereocenters. The number of imidazole rings is 1. The molecule has 0 bridgehead atoms. The number of carbonyl (C=O) groups is 1. The quantitative estimate of drug-likeness (QED) is 0.795. The summed E-state index contributed by atoms with van der Waals surface area (Å²) in [6.45, 7) is 3.39. The molecule has 3 aromatic rings. The Balaban J connectivity index is 1.50. The average Bonchev–Trinajstić information content (AvgIpc) is 3.19. The van der Waals surface area contributed by atoms with Crippen molar-refractivity contribution in [1.29, 1.82) is 0 Å². The van der Waals surface area contributed by atoms with E-state index in [9.17, 15) is 4.79 Å². The van der Waals surface area contributed by atoms with Crippen LogP contribution in [0.2, 0.25) is 0 Å². The normalized spacial score (nSPS) is 17.4. The molecule has 25 heavy (non-hydrogen) atoms. The third-order valence-electron chi connectivity index (χ3n) is 4.79. The summed E-state index contributed by atoms with van der Waals surface area (Å²) in [5, 5.41) is 0. The maximum absolute atomic E-state index is 12.4. The predicted molar refractivity (Wildman–Crippen MR) is 96.6 cm³/mol. The van der Waals surface area contributed by atoms with Crippen LogP contribution in [-0.2, 0) is 11.3 Å². The van der Waals surface area contributed by atoms with Gasteiger partial charge in [-0.25, -0.2) is 4.98 Å². The van der Waals surface area contributed by atoms with Crippen LogP contribution in [0.25, 0.3) is 11.0 Å². The van der Waals surface area contributed by atoms with Crippen LogP contribution in [0, 0.1) is 6.92 Å². The molecule has 4 rings (SSSR count). The number of rotatable bonds is 4. The number of benzene rings is 2. The van der Waals surface area contributed by atoms with Crippen molar-refractivity contribution in [3.63, 3.8) is 0 Å². The SMILES string of the molecule is COc1ccc(CN2C[C@@H](c3nc4ccc(C)cc4[nH]3)CC2=O)cc1. The molecule has 0 spiro atoms. The number of aromatic amines is 1. The molecular weight excluding hydrogens is 314 g/mol. The standard InChI is InChI=1S/C20H21N3O2/c1-13-3-8-17-18(9-13)22-20(21-17)15-10-19(24)23(12-15)11-14-4-6-16(25-2)7-5-14/h3-9,15H,10-12H2,1-2H3,(H,21,22)/t15-/m0/s1. The first-order chi connectivity index (χ1) is 12.1. The van der Waals surface area contributed by atoms with Crippen molar-refractivity contribution < 1.29 is 9.53 Å². The highest BCUT2D eigenvalue weighted by Gasteiger charge is 2.32. The van der Waals surface area contributed by atoms with Crippen LogP contribution in [0.5, 0.6) is 5.75 Å². The highest BCUT2D eigenvalue weighted by molar-refractivity contribution is 5.80. The van der Waals surface area contributed by atoms with Gasteiger partial charge in [0, 0.05) is 25.4 Å². The number of amides is 1. The topological polar surface area (TPSA) is 58.2 Å². The fraction of sp³-hybridized carbons (Fsp3) is 0.300. The van der Waals surface area contributed by atoms with Gasteiger partial charge in [-0.05, 0) is 42.3 Å². The zero-order valence-electron chi connectivity index (χ0n) is 14.5. The fourth-order valence-corrected chi connectivity index (χ4v) is 3.40. The van der Waals surface area contributed by atoms with Crippen LogP contribution in [0.3, 0.4) is 0 Å². The number of H-pyrrole nitrogens is 1. The van der Waals surface area contributed by atoms with E-state index >= 15 is 0 Å². The van der Waals surface area contributed by atoms with Crippen molar-refractivity contribution in [2.75, 3.05) is 13.7 Å². The van der Waals surface area contributed by atoms with Crippen LogP contribution in [0.1, 0.15) is 29.3 Å². The molecule has 1 amide bonds. The van der Waals surface area contributed by atoms with Gasteiger partial charge in [0.05, 0.1) is 18.1 Å². The zero-order chi connectivity index (χ0) is 17.4. The number of hydrogen-bond donors (Lipinski definition) is 1. The van der Waals surface area contributed by atoms with Gasteiger partial charge in [-0.15, -0.1) is 0 Å². The number of aryl methyl sites for hydroxylation is 1. The van der Waals surface area contributed by atoms with Crippen molar-refractivity contribution in [2.45, 2.75) is 25.8 Å². The Bertz CT molecular complexity index is 914. The molecule has 1 saturated heterocycles. The van der Waals surface area contributed by atoms with Gasteiger partial charge < -0.3 is 14.6 Å². The maximum atomic E-state index is 12.4. The van der Waals surface area contributed by atoms with Crippen LogP contribution in [0.15, 0.2) is 42.5 Å². The molecule has 128 valence electrons. The number of hydrogen-bond acceptors (Lipinski definition) is 3. The second-order valence-electron chi connectivity index (χ2n) is 6.67. The number of nitrogens with zero attached hydrogens (tertiary/aromatic N) is 2. The van der Waals surface area contributed by atoms with E-state index < -0.39 is 0 Å². The molecule has 0 saturated carbocycles. The third kappa shape index (κ3) is 3.09. The minimum absolute atomic E-state index is 0.124. The summed E-state index contributed by atoms with van der Waals surface area (Å²) >= 11 is 0. The van der Waals surface area contributed by atoms with Gasteiger partial charge in [0.25, 0.3) is 0 Å². The van der Waals surface area contributed by atoms with Crippen molar-refractivity contribution in [3.05, 3.63) is 59.4 Å². The summed E-state index contributed by atoms with van der Waals surface area (Å²) in [4.78, 5) is 22.4. The lowest BCUT2D eigenvalue weighted by Gasteiger charge is -2.16. The molecule has 1 N–H and O–H groups in total. The number of carbonyl (C=O) groups excluding carboxylic acids is 1. The van der Waals surface area contributed by atoms with Gasteiger partial charge >= 0.3 is 0 Å². The van der Waals surface area contributed by atoms with Crippen molar-refractivity contribution in [1.82, 2.24) is 14.9 Å². The maximum Gasteiger partial charge on any atom is 0.223 e. The van der Waals surface area contributed by atoms with Gasteiger partial charge in [-0.3, -0.25) is 4.79 Å². The van der Waals surface area contributed by atoms with E-state index in [2.05, 4.69) is 29.0 Å². The monoisotopic (exact) mass is 335 g/mol. The first-order valence-corrected chi connectivity index (χ1v) is 8.49. The summed E-state index contributed by atoms with van der Waals surface area (Å²) in [5.41, 5.74) is 4.30. The van der Waals surface area contributed by atoms with E-state index in [0.29, 0.717) is 19.5 Å². The Hall–Kier alpha value is -2.82. The van der Waals surface area contributed by atoms with Gasteiger partial charge in [-0.1, -0.05) is 18.2 Å². The molecule has 0 aliphatic carbocycles. The zero-order valence-corrected chi connectivity index (χ0v) is 14.5. The lowest BCUT2D eigenvalue weighted by atomic mass is 10.1. The summed E-state index contributed by atoms with van der Waals surface area (Å²) in [7, 11) is 1.65. The molecule has 1 aliphatic heterocycles. The third-order valence-corrected chi connectivity index (χ3v) is 4.79. The molecule has 0 radical (unpaired) electrons. The van der Waals surface area contributed by atoms with Crippen LogP contribution >= 0.6 is 0 Å². The molecule has 2 aromatic carbocycles. The smallest absolute Gasteiger partial charge is 0.223 e. The molecule has 2 heterocycles. The second-order valence-corrected chi connectivity index (χ2v) is 6.67. The molecule has 5 nitrogen and oxygen atoms in total.